The van der Waals surface area contributed by atoms with Crippen molar-refractivity contribution >= 4 is 28.5 Å². The number of esters is 1. The van der Waals surface area contributed by atoms with Crippen molar-refractivity contribution in [3.05, 3.63) is 75.9 Å². The number of hydrogen-bond donors (Lipinski definition) is 1. The first kappa shape index (κ1) is 19.2. The maximum Gasteiger partial charge on any atom is 0.375 e. The molecule has 2 aromatic carbocycles. The fourth-order valence-electron chi connectivity index (χ4n) is 2.33. The molecule has 1 aromatic heterocycles. The standard InChI is InChI=1S/C19H12F3NO5/c1-9(18(25)23-12-7-6-11(20)16(21)17(12)22)27-19(26)15-8-13(24)10-4-2-3-5-14(10)28-15/h2-9H,1H3,(H,23,25)/t9-/m0/s1. The number of halogens is 3. The third-order valence-corrected chi connectivity index (χ3v) is 3.78. The number of ether oxygens (including phenoxy) is 1. The molecule has 6 nitrogen and oxygen atoms in total. The summed E-state index contributed by atoms with van der Waals surface area (Å²) in [6, 6.07) is 8.60. The topological polar surface area (TPSA) is 85.6 Å². The van der Waals surface area contributed by atoms with Gasteiger partial charge in [-0.3, -0.25) is 9.59 Å². The van der Waals surface area contributed by atoms with E-state index in [0.717, 1.165) is 12.1 Å². The van der Waals surface area contributed by atoms with E-state index in [-0.39, 0.29) is 11.0 Å². The Hall–Kier alpha value is -3.62. The molecule has 144 valence electrons. The van der Waals surface area contributed by atoms with Gasteiger partial charge in [-0.2, -0.15) is 0 Å². The highest BCUT2D eigenvalue weighted by Crippen LogP contribution is 2.20. The largest absolute Gasteiger partial charge is 0.449 e. The van der Waals surface area contributed by atoms with Gasteiger partial charge in [0.2, 0.25) is 5.76 Å². The van der Waals surface area contributed by atoms with E-state index < -0.39 is 52.3 Å². The molecule has 1 heterocycles. The Morgan fingerprint density at radius 2 is 1.79 bits per heavy atom. The van der Waals surface area contributed by atoms with Crippen molar-refractivity contribution < 1.29 is 31.9 Å². The number of amides is 1. The molecule has 0 aliphatic heterocycles. The van der Waals surface area contributed by atoms with Gasteiger partial charge in [0.05, 0.1) is 11.1 Å². The van der Waals surface area contributed by atoms with Crippen LogP contribution in [-0.4, -0.2) is 18.0 Å². The number of anilines is 1. The fourth-order valence-corrected chi connectivity index (χ4v) is 2.33. The molecule has 3 rings (SSSR count). The SMILES string of the molecule is C[C@H](OC(=O)c1cc(=O)c2ccccc2o1)C(=O)Nc1ccc(F)c(F)c1F. The van der Waals surface area contributed by atoms with E-state index in [1.165, 1.54) is 19.1 Å². The molecule has 1 atom stereocenters. The number of benzene rings is 2. The Balaban J connectivity index is 1.74. The van der Waals surface area contributed by atoms with Crippen LogP contribution in [0.15, 0.2) is 51.7 Å². The van der Waals surface area contributed by atoms with E-state index in [9.17, 15) is 27.6 Å². The molecule has 1 N–H and O–H groups in total. The normalized spacial score (nSPS) is 11.9. The zero-order valence-electron chi connectivity index (χ0n) is 14.3. The average molecular weight is 391 g/mol. The lowest BCUT2D eigenvalue weighted by molar-refractivity contribution is -0.123. The molecule has 9 heteroatoms. The Morgan fingerprint density at radius 1 is 1.07 bits per heavy atom. The lowest BCUT2D eigenvalue weighted by atomic mass is 10.2. The van der Waals surface area contributed by atoms with E-state index in [1.807, 2.05) is 5.32 Å². The number of rotatable bonds is 4. The van der Waals surface area contributed by atoms with Gasteiger partial charge in [0.1, 0.15) is 5.58 Å². The van der Waals surface area contributed by atoms with Crippen LogP contribution in [0.25, 0.3) is 11.0 Å². The lowest BCUT2D eigenvalue weighted by Gasteiger charge is -2.14. The number of carbonyl (C=O) groups excluding carboxylic acids is 2. The lowest BCUT2D eigenvalue weighted by Crippen LogP contribution is -2.30. The van der Waals surface area contributed by atoms with E-state index in [4.69, 9.17) is 9.15 Å². The monoisotopic (exact) mass is 391 g/mol. The van der Waals surface area contributed by atoms with Gasteiger partial charge in [0.25, 0.3) is 5.91 Å². The predicted octanol–water partition coefficient (Wildman–Crippen LogP) is 3.39. The minimum atomic E-state index is -1.75. The maximum atomic E-state index is 13.6. The van der Waals surface area contributed by atoms with Gasteiger partial charge in [-0.05, 0) is 31.2 Å². The van der Waals surface area contributed by atoms with Crippen molar-refractivity contribution in [3.8, 4) is 0 Å². The molecule has 0 saturated heterocycles. The van der Waals surface area contributed by atoms with E-state index in [0.29, 0.717) is 6.07 Å². The minimum absolute atomic E-state index is 0.155. The van der Waals surface area contributed by atoms with Gasteiger partial charge in [-0.15, -0.1) is 0 Å². The van der Waals surface area contributed by atoms with Gasteiger partial charge in [0, 0.05) is 6.07 Å². The number of hydrogen-bond acceptors (Lipinski definition) is 5. The minimum Gasteiger partial charge on any atom is -0.449 e. The Labute approximate surface area is 155 Å². The zero-order valence-corrected chi connectivity index (χ0v) is 14.3. The second-order valence-electron chi connectivity index (χ2n) is 5.73. The molecule has 0 spiro atoms. The number of nitrogens with one attached hydrogen (secondary N) is 1. The Kier molecular flexibility index (Phi) is 5.16. The quantitative estimate of drug-likeness (QED) is 0.544. The molecular formula is C19H12F3NO5. The van der Waals surface area contributed by atoms with Crippen LogP contribution in [-0.2, 0) is 9.53 Å². The first-order valence-electron chi connectivity index (χ1n) is 7.96. The van der Waals surface area contributed by atoms with Gasteiger partial charge in [-0.1, -0.05) is 12.1 Å². The summed E-state index contributed by atoms with van der Waals surface area (Å²) in [6.45, 7) is 1.17. The summed E-state index contributed by atoms with van der Waals surface area (Å²) in [4.78, 5) is 36.2. The highest BCUT2D eigenvalue weighted by atomic mass is 19.2. The summed E-state index contributed by atoms with van der Waals surface area (Å²) in [5.74, 6) is -7.28. The van der Waals surface area contributed by atoms with Crippen LogP contribution in [0.1, 0.15) is 17.5 Å². The van der Waals surface area contributed by atoms with Crippen LogP contribution >= 0.6 is 0 Å². The molecular weight excluding hydrogens is 379 g/mol. The predicted molar refractivity (Wildman–Crippen MR) is 92.3 cm³/mol. The third-order valence-electron chi connectivity index (χ3n) is 3.78. The Bertz CT molecular complexity index is 1140. The number of carbonyl (C=O) groups is 2. The summed E-state index contributed by atoms with van der Waals surface area (Å²) < 4.78 is 49.9. The van der Waals surface area contributed by atoms with Crippen LogP contribution < -0.4 is 10.7 Å². The molecule has 0 bridgehead atoms. The van der Waals surface area contributed by atoms with Crippen molar-refractivity contribution in [2.45, 2.75) is 13.0 Å². The first-order chi connectivity index (χ1) is 13.3. The van der Waals surface area contributed by atoms with Crippen molar-refractivity contribution in [2.75, 3.05) is 5.32 Å². The molecule has 1 amide bonds. The van der Waals surface area contributed by atoms with E-state index >= 15 is 0 Å². The summed E-state index contributed by atoms with van der Waals surface area (Å²) in [6.07, 6.45) is -1.45. The smallest absolute Gasteiger partial charge is 0.375 e. The van der Waals surface area contributed by atoms with Crippen LogP contribution in [0, 0.1) is 17.5 Å². The third kappa shape index (κ3) is 3.73. The summed E-state index contributed by atoms with van der Waals surface area (Å²) >= 11 is 0. The van der Waals surface area contributed by atoms with E-state index in [2.05, 4.69) is 0 Å². The summed E-state index contributed by atoms with van der Waals surface area (Å²) in [7, 11) is 0. The highest BCUT2D eigenvalue weighted by molar-refractivity contribution is 5.97. The number of fused-ring (bicyclic) bond motifs is 1. The van der Waals surface area contributed by atoms with Gasteiger partial charge in [-0.25, -0.2) is 18.0 Å². The summed E-state index contributed by atoms with van der Waals surface area (Å²) in [5.41, 5.74) is -0.943. The fraction of sp³-hybridized carbons (Fsp3) is 0.105. The second kappa shape index (κ2) is 7.55. The van der Waals surface area contributed by atoms with Gasteiger partial charge >= 0.3 is 5.97 Å². The van der Waals surface area contributed by atoms with E-state index in [1.54, 1.807) is 12.1 Å². The van der Waals surface area contributed by atoms with Crippen LogP contribution in [0.5, 0.6) is 0 Å². The first-order valence-corrected chi connectivity index (χ1v) is 7.96. The van der Waals surface area contributed by atoms with Crippen LogP contribution in [0.2, 0.25) is 0 Å². The molecule has 28 heavy (non-hydrogen) atoms. The molecule has 0 unspecified atom stereocenters. The zero-order chi connectivity index (χ0) is 20.4. The molecule has 0 aliphatic rings. The molecule has 0 saturated carbocycles. The van der Waals surface area contributed by atoms with Crippen molar-refractivity contribution in [1.82, 2.24) is 0 Å². The van der Waals surface area contributed by atoms with Crippen molar-refractivity contribution in [2.24, 2.45) is 0 Å². The van der Waals surface area contributed by atoms with Gasteiger partial charge in [0.15, 0.2) is 29.0 Å². The second-order valence-corrected chi connectivity index (χ2v) is 5.73. The summed E-state index contributed by atoms with van der Waals surface area (Å²) in [5, 5.41) is 2.25. The van der Waals surface area contributed by atoms with Gasteiger partial charge < -0.3 is 14.5 Å². The molecule has 3 aromatic rings. The number of para-hydroxylation sites is 1. The van der Waals surface area contributed by atoms with Crippen LogP contribution in [0.4, 0.5) is 18.9 Å². The molecule has 0 radical (unpaired) electrons. The Morgan fingerprint density at radius 3 is 2.54 bits per heavy atom. The van der Waals surface area contributed by atoms with Crippen molar-refractivity contribution in [3.63, 3.8) is 0 Å². The average Bonchev–Trinajstić information content (AvgIpc) is 2.68. The molecule has 0 fully saturated rings. The molecule has 0 aliphatic carbocycles. The van der Waals surface area contributed by atoms with Crippen LogP contribution in [0.3, 0.4) is 0 Å². The highest BCUT2D eigenvalue weighted by Gasteiger charge is 2.23. The maximum absolute atomic E-state index is 13.6. The van der Waals surface area contributed by atoms with Crippen molar-refractivity contribution in [1.29, 1.82) is 0 Å².